The summed E-state index contributed by atoms with van der Waals surface area (Å²) in [5.41, 5.74) is -0.711. The first-order chi connectivity index (χ1) is 11.7. The molecule has 0 unspecified atom stereocenters. The van der Waals surface area contributed by atoms with Gasteiger partial charge in [0.25, 0.3) is 0 Å². The number of amides is 1. The Bertz CT molecular complexity index is 680. The summed E-state index contributed by atoms with van der Waals surface area (Å²) in [6.07, 6.45) is -1.02. The number of nitrogens with zero attached hydrogens (tertiary/aromatic N) is 1. The van der Waals surface area contributed by atoms with E-state index >= 15 is 0 Å². The maximum atomic E-state index is 12.7. The van der Waals surface area contributed by atoms with Gasteiger partial charge in [-0.1, -0.05) is 11.6 Å². The molecule has 1 saturated heterocycles. The van der Waals surface area contributed by atoms with Crippen LogP contribution in [0.2, 0.25) is 5.02 Å². The Labute approximate surface area is 148 Å². The highest BCUT2D eigenvalue weighted by atomic mass is 35.5. The highest BCUT2D eigenvalue weighted by Crippen LogP contribution is 2.32. The number of carbonyl (C=O) groups is 2. The summed E-state index contributed by atoms with van der Waals surface area (Å²) < 4.78 is 42.9. The van der Waals surface area contributed by atoms with Crippen LogP contribution < -0.4 is 0 Å². The molecule has 136 valence electrons. The lowest BCUT2D eigenvalue weighted by atomic mass is 9.97. The molecule has 1 aromatic rings. The van der Waals surface area contributed by atoms with Gasteiger partial charge in [-0.15, -0.1) is 0 Å². The Morgan fingerprint density at radius 2 is 1.92 bits per heavy atom. The van der Waals surface area contributed by atoms with Crippen LogP contribution in [-0.4, -0.2) is 37.0 Å². The number of hydrogen-bond acceptors (Lipinski definition) is 3. The number of likely N-dealkylation sites (tertiary alicyclic amines) is 1. The minimum atomic E-state index is -4.48. The Hall–Kier alpha value is -2.02. The zero-order valence-electron chi connectivity index (χ0n) is 13.5. The smallest absolute Gasteiger partial charge is 0.416 e. The molecule has 0 radical (unpaired) electrons. The maximum absolute atomic E-state index is 12.7. The number of benzene rings is 1. The lowest BCUT2D eigenvalue weighted by Gasteiger charge is -2.29. The van der Waals surface area contributed by atoms with E-state index in [0.717, 1.165) is 18.2 Å². The highest BCUT2D eigenvalue weighted by Gasteiger charge is 2.31. The van der Waals surface area contributed by atoms with E-state index in [9.17, 15) is 22.8 Å². The zero-order valence-corrected chi connectivity index (χ0v) is 14.2. The van der Waals surface area contributed by atoms with E-state index in [1.807, 2.05) is 0 Å². The fourth-order valence-electron chi connectivity index (χ4n) is 2.62. The molecule has 4 nitrogen and oxygen atoms in total. The van der Waals surface area contributed by atoms with Gasteiger partial charge in [-0.2, -0.15) is 13.2 Å². The number of methoxy groups -OCH3 is 1. The van der Waals surface area contributed by atoms with Crippen molar-refractivity contribution in [3.8, 4) is 0 Å². The van der Waals surface area contributed by atoms with Crippen LogP contribution in [0.1, 0.15) is 24.0 Å². The highest BCUT2D eigenvalue weighted by molar-refractivity contribution is 6.32. The second-order valence-corrected chi connectivity index (χ2v) is 6.10. The summed E-state index contributed by atoms with van der Waals surface area (Å²) >= 11 is 5.89. The van der Waals surface area contributed by atoms with Crippen LogP contribution in [0.15, 0.2) is 24.3 Å². The van der Waals surface area contributed by atoms with Crippen LogP contribution in [0.25, 0.3) is 6.08 Å². The summed E-state index contributed by atoms with van der Waals surface area (Å²) in [6.45, 7) is 0.776. The van der Waals surface area contributed by atoms with E-state index in [1.165, 1.54) is 24.2 Å². The summed E-state index contributed by atoms with van der Waals surface area (Å²) in [5.74, 6) is -0.855. The molecule has 0 bridgehead atoms. The van der Waals surface area contributed by atoms with Gasteiger partial charge in [-0.3, -0.25) is 9.59 Å². The average molecular weight is 376 g/mol. The molecule has 0 saturated carbocycles. The minimum absolute atomic E-state index is 0.120. The molecule has 2 rings (SSSR count). The van der Waals surface area contributed by atoms with Crippen molar-refractivity contribution in [3.05, 3.63) is 40.4 Å². The van der Waals surface area contributed by atoms with Crippen molar-refractivity contribution < 1.29 is 27.5 Å². The van der Waals surface area contributed by atoms with E-state index in [-0.39, 0.29) is 28.4 Å². The first-order valence-corrected chi connectivity index (χ1v) is 8.01. The topological polar surface area (TPSA) is 46.6 Å². The van der Waals surface area contributed by atoms with Crippen molar-refractivity contribution in [1.29, 1.82) is 0 Å². The molecular weight excluding hydrogens is 359 g/mol. The summed E-state index contributed by atoms with van der Waals surface area (Å²) in [7, 11) is 1.32. The Balaban J connectivity index is 2.03. The molecule has 25 heavy (non-hydrogen) atoms. The van der Waals surface area contributed by atoms with Crippen molar-refractivity contribution in [2.24, 2.45) is 5.92 Å². The summed E-state index contributed by atoms with van der Waals surface area (Å²) in [4.78, 5) is 25.2. The third-order valence-corrected chi connectivity index (χ3v) is 4.41. The first-order valence-electron chi connectivity index (χ1n) is 7.64. The van der Waals surface area contributed by atoms with Crippen LogP contribution in [0.3, 0.4) is 0 Å². The van der Waals surface area contributed by atoms with Gasteiger partial charge < -0.3 is 9.64 Å². The van der Waals surface area contributed by atoms with Crippen LogP contribution in [0.4, 0.5) is 13.2 Å². The average Bonchev–Trinajstić information content (AvgIpc) is 2.59. The SMILES string of the molecule is COC(=O)C1CCN(C(=O)C=Cc2cc(C(F)(F)F)ccc2Cl)CC1. The fraction of sp³-hybridized carbons (Fsp3) is 0.412. The number of alkyl halides is 3. The van der Waals surface area contributed by atoms with Crippen molar-refractivity contribution >= 4 is 29.6 Å². The van der Waals surface area contributed by atoms with Gasteiger partial charge in [0, 0.05) is 24.2 Å². The predicted octanol–water partition coefficient (Wildman–Crippen LogP) is 3.78. The number of hydrogen-bond donors (Lipinski definition) is 0. The monoisotopic (exact) mass is 375 g/mol. The molecule has 0 N–H and O–H groups in total. The van der Waals surface area contributed by atoms with Gasteiger partial charge in [-0.05, 0) is 42.7 Å². The molecule has 0 spiro atoms. The lowest BCUT2D eigenvalue weighted by Crippen LogP contribution is -2.39. The molecule has 1 aromatic carbocycles. The second-order valence-electron chi connectivity index (χ2n) is 5.69. The van der Waals surface area contributed by atoms with E-state index < -0.39 is 11.7 Å². The Morgan fingerprint density at radius 1 is 1.28 bits per heavy atom. The molecule has 1 fully saturated rings. The number of rotatable bonds is 3. The van der Waals surface area contributed by atoms with Gasteiger partial charge in [-0.25, -0.2) is 0 Å². The summed E-state index contributed by atoms with van der Waals surface area (Å²) in [6, 6.07) is 2.94. The van der Waals surface area contributed by atoms with Gasteiger partial charge in [0.15, 0.2) is 0 Å². The Morgan fingerprint density at radius 3 is 2.48 bits per heavy atom. The van der Waals surface area contributed by atoms with E-state index in [0.29, 0.717) is 25.9 Å². The van der Waals surface area contributed by atoms with E-state index in [1.54, 1.807) is 0 Å². The van der Waals surface area contributed by atoms with Gasteiger partial charge in [0.2, 0.25) is 5.91 Å². The van der Waals surface area contributed by atoms with Crippen LogP contribution in [-0.2, 0) is 20.5 Å². The van der Waals surface area contributed by atoms with Crippen LogP contribution in [0, 0.1) is 5.92 Å². The maximum Gasteiger partial charge on any atom is 0.416 e. The van der Waals surface area contributed by atoms with Crippen molar-refractivity contribution in [2.75, 3.05) is 20.2 Å². The van der Waals surface area contributed by atoms with Crippen LogP contribution in [0.5, 0.6) is 0 Å². The van der Waals surface area contributed by atoms with Gasteiger partial charge in [0.05, 0.1) is 18.6 Å². The normalized spacial score (nSPS) is 16.3. The quantitative estimate of drug-likeness (QED) is 0.596. The molecule has 0 atom stereocenters. The third kappa shape index (κ3) is 4.98. The zero-order chi connectivity index (χ0) is 18.6. The fourth-order valence-corrected chi connectivity index (χ4v) is 2.80. The molecule has 1 aliphatic heterocycles. The van der Waals surface area contributed by atoms with E-state index in [2.05, 4.69) is 4.74 Å². The van der Waals surface area contributed by atoms with Crippen molar-refractivity contribution in [2.45, 2.75) is 19.0 Å². The minimum Gasteiger partial charge on any atom is -0.469 e. The number of ether oxygens (including phenoxy) is 1. The second kappa shape index (κ2) is 7.91. The van der Waals surface area contributed by atoms with Gasteiger partial charge in [0.1, 0.15) is 0 Å². The summed E-state index contributed by atoms with van der Waals surface area (Å²) in [5, 5.41) is 0.126. The molecular formula is C17H17ClF3NO3. The number of esters is 1. The standard InChI is InChI=1S/C17H17ClF3NO3/c1-25-16(24)11-6-8-22(9-7-11)15(23)5-2-12-10-13(17(19,20)21)3-4-14(12)18/h2-5,10-11H,6-9H2,1H3. The van der Waals surface area contributed by atoms with E-state index in [4.69, 9.17) is 11.6 Å². The van der Waals surface area contributed by atoms with Gasteiger partial charge >= 0.3 is 12.1 Å². The number of halogens is 4. The molecule has 0 aromatic heterocycles. The molecule has 8 heteroatoms. The lowest BCUT2D eigenvalue weighted by molar-refractivity contribution is -0.148. The Kier molecular flexibility index (Phi) is 6.11. The van der Waals surface area contributed by atoms with Crippen molar-refractivity contribution in [3.63, 3.8) is 0 Å². The molecule has 1 aliphatic rings. The molecule has 1 amide bonds. The van der Waals surface area contributed by atoms with Crippen LogP contribution >= 0.6 is 11.6 Å². The largest absolute Gasteiger partial charge is 0.469 e. The number of carbonyl (C=O) groups excluding carboxylic acids is 2. The van der Waals surface area contributed by atoms with Crippen molar-refractivity contribution in [1.82, 2.24) is 4.90 Å². The predicted molar refractivity (Wildman–Crippen MR) is 86.8 cm³/mol. The molecule has 1 heterocycles. The third-order valence-electron chi connectivity index (χ3n) is 4.07. The first kappa shape index (κ1) is 19.3. The number of piperidine rings is 1. The molecule has 0 aliphatic carbocycles.